The minimum absolute atomic E-state index is 0.0872. The maximum Gasteiger partial charge on any atom is 0.205 e. The Hall–Kier alpha value is -1.41. The van der Waals surface area contributed by atoms with E-state index in [1.54, 1.807) is 0 Å². The highest BCUT2D eigenvalue weighted by atomic mass is 32.1. The molecule has 8 heteroatoms. The Bertz CT molecular complexity index is 341. The van der Waals surface area contributed by atoms with Crippen LogP contribution in [0.4, 0.5) is 5.13 Å². The average molecular weight is 229 g/mol. The van der Waals surface area contributed by atoms with Crippen LogP contribution in [0.5, 0.6) is 0 Å². The summed E-state index contributed by atoms with van der Waals surface area (Å²) in [7, 11) is 0. The predicted octanol–water partition coefficient (Wildman–Crippen LogP) is -0.510. The summed E-state index contributed by atoms with van der Waals surface area (Å²) < 4.78 is 9.28. The first-order chi connectivity index (χ1) is 7.31. The molecule has 15 heavy (non-hydrogen) atoms. The van der Waals surface area contributed by atoms with Gasteiger partial charge in [0.15, 0.2) is 5.84 Å². The molecule has 1 fully saturated rings. The lowest BCUT2D eigenvalue weighted by Gasteiger charge is -2.31. The molecule has 2 heterocycles. The Balaban J connectivity index is 2.05. The van der Waals surface area contributed by atoms with Crippen molar-refractivity contribution in [2.75, 3.05) is 24.6 Å². The quantitative estimate of drug-likeness (QED) is 0.307. The third kappa shape index (κ3) is 2.16. The molecule has 0 radical (unpaired) electrons. The Morgan fingerprint density at radius 1 is 1.80 bits per heavy atom. The Morgan fingerprint density at radius 2 is 2.67 bits per heavy atom. The van der Waals surface area contributed by atoms with E-state index in [0.717, 1.165) is 11.7 Å². The molecule has 0 amide bonds. The van der Waals surface area contributed by atoms with E-state index in [4.69, 9.17) is 15.7 Å². The Morgan fingerprint density at radius 3 is 3.33 bits per heavy atom. The Kier molecular flexibility index (Phi) is 2.97. The van der Waals surface area contributed by atoms with Gasteiger partial charge in [0.05, 0.1) is 13.2 Å². The van der Waals surface area contributed by atoms with E-state index in [9.17, 15) is 0 Å². The van der Waals surface area contributed by atoms with Gasteiger partial charge in [-0.05, 0) is 0 Å². The van der Waals surface area contributed by atoms with Crippen molar-refractivity contribution in [1.29, 1.82) is 0 Å². The molecule has 0 aromatic carbocycles. The van der Waals surface area contributed by atoms with Gasteiger partial charge >= 0.3 is 0 Å². The number of hydrogen-bond donors (Lipinski definition) is 2. The number of nitrogens with two attached hydrogens (primary N) is 1. The molecule has 0 spiro atoms. The second-order valence-electron chi connectivity index (χ2n) is 3.05. The Labute approximate surface area is 90.3 Å². The smallest absolute Gasteiger partial charge is 0.205 e. The van der Waals surface area contributed by atoms with Crippen LogP contribution in [0.2, 0.25) is 0 Å². The van der Waals surface area contributed by atoms with Crippen molar-refractivity contribution in [2.24, 2.45) is 10.9 Å². The highest BCUT2D eigenvalue weighted by Crippen LogP contribution is 2.17. The summed E-state index contributed by atoms with van der Waals surface area (Å²) in [6.45, 7) is 1.80. The lowest BCUT2D eigenvalue weighted by atomic mass is 10.2. The first-order valence-corrected chi connectivity index (χ1v) is 5.19. The van der Waals surface area contributed by atoms with Crippen molar-refractivity contribution >= 4 is 22.5 Å². The van der Waals surface area contributed by atoms with Gasteiger partial charge in [-0.3, -0.25) is 0 Å². The fourth-order valence-corrected chi connectivity index (χ4v) is 1.94. The summed E-state index contributed by atoms with van der Waals surface area (Å²) in [5.74, 6) is 0.0872. The highest BCUT2D eigenvalue weighted by molar-refractivity contribution is 7.09. The summed E-state index contributed by atoms with van der Waals surface area (Å²) >= 11 is 1.32. The zero-order valence-electron chi connectivity index (χ0n) is 7.91. The number of hydrogen-bond acceptors (Lipinski definition) is 7. The van der Waals surface area contributed by atoms with Crippen molar-refractivity contribution < 1.29 is 9.94 Å². The second kappa shape index (κ2) is 4.41. The molecule has 1 unspecified atom stereocenters. The number of ether oxygens (including phenoxy) is 1. The fraction of sp³-hybridized carbons (Fsp3) is 0.571. The van der Waals surface area contributed by atoms with E-state index in [1.165, 1.54) is 17.9 Å². The summed E-state index contributed by atoms with van der Waals surface area (Å²) in [6.07, 6.45) is 1.13. The van der Waals surface area contributed by atoms with Gasteiger partial charge in [0.25, 0.3) is 0 Å². The molecule has 0 bridgehead atoms. The topological polar surface area (TPSA) is 96.9 Å². The number of rotatable bonds is 2. The van der Waals surface area contributed by atoms with Crippen LogP contribution >= 0.6 is 11.5 Å². The van der Waals surface area contributed by atoms with Gasteiger partial charge in [-0.15, -0.1) is 0 Å². The van der Waals surface area contributed by atoms with Gasteiger partial charge in [0.2, 0.25) is 5.13 Å². The van der Waals surface area contributed by atoms with E-state index in [2.05, 4.69) is 14.5 Å². The highest BCUT2D eigenvalue weighted by Gasteiger charge is 2.25. The van der Waals surface area contributed by atoms with Gasteiger partial charge in [-0.1, -0.05) is 5.16 Å². The SMILES string of the molecule is NC(=NO)C1CN(c2ncns2)CCO1. The summed E-state index contributed by atoms with van der Waals surface area (Å²) in [6, 6.07) is 0. The lowest BCUT2D eigenvalue weighted by molar-refractivity contribution is 0.0807. The van der Waals surface area contributed by atoms with Gasteiger partial charge < -0.3 is 20.6 Å². The normalized spacial score (nSPS) is 23.1. The standard InChI is InChI=1S/C7H11N5O2S/c8-6(11-13)5-3-12(1-2-14-5)7-9-4-10-15-7/h4-5,13H,1-3H2,(H2,8,11). The van der Waals surface area contributed by atoms with Crippen LogP contribution in [-0.4, -0.2) is 46.2 Å². The van der Waals surface area contributed by atoms with E-state index in [-0.39, 0.29) is 11.9 Å². The fourth-order valence-electron chi connectivity index (χ4n) is 1.37. The molecule has 1 atom stereocenters. The molecule has 3 N–H and O–H groups in total. The van der Waals surface area contributed by atoms with Crippen LogP contribution < -0.4 is 10.6 Å². The van der Waals surface area contributed by atoms with Crippen LogP contribution in [-0.2, 0) is 4.74 Å². The van der Waals surface area contributed by atoms with Crippen molar-refractivity contribution in [2.45, 2.75) is 6.10 Å². The van der Waals surface area contributed by atoms with Crippen molar-refractivity contribution in [1.82, 2.24) is 9.36 Å². The molecule has 1 saturated heterocycles. The molecule has 0 aliphatic carbocycles. The van der Waals surface area contributed by atoms with Gasteiger partial charge in [0, 0.05) is 18.1 Å². The minimum atomic E-state index is -0.382. The molecule has 1 aliphatic heterocycles. The average Bonchev–Trinajstić information content (AvgIpc) is 2.82. The third-order valence-electron chi connectivity index (χ3n) is 2.13. The summed E-state index contributed by atoms with van der Waals surface area (Å²) in [5, 5.41) is 12.3. The molecule has 1 aromatic heterocycles. The van der Waals surface area contributed by atoms with Crippen molar-refractivity contribution in [3.05, 3.63) is 6.33 Å². The maximum atomic E-state index is 8.54. The molecular weight excluding hydrogens is 218 g/mol. The molecular formula is C7H11N5O2S. The van der Waals surface area contributed by atoms with Gasteiger partial charge in [-0.25, -0.2) is 4.98 Å². The zero-order valence-corrected chi connectivity index (χ0v) is 8.72. The first-order valence-electron chi connectivity index (χ1n) is 4.42. The van der Waals surface area contributed by atoms with Crippen LogP contribution in [0, 0.1) is 0 Å². The predicted molar refractivity (Wildman–Crippen MR) is 55.3 cm³/mol. The zero-order chi connectivity index (χ0) is 10.7. The van der Waals surface area contributed by atoms with Crippen LogP contribution in [0.1, 0.15) is 0 Å². The van der Waals surface area contributed by atoms with Crippen molar-refractivity contribution in [3.63, 3.8) is 0 Å². The monoisotopic (exact) mass is 229 g/mol. The molecule has 82 valence electrons. The number of nitrogens with zero attached hydrogens (tertiary/aromatic N) is 4. The largest absolute Gasteiger partial charge is 0.409 e. The first kappa shape index (κ1) is 10.1. The molecule has 0 saturated carbocycles. The van der Waals surface area contributed by atoms with E-state index in [1.807, 2.05) is 4.90 Å². The van der Waals surface area contributed by atoms with E-state index in [0.29, 0.717) is 13.2 Å². The maximum absolute atomic E-state index is 8.54. The van der Waals surface area contributed by atoms with Gasteiger partial charge in [0.1, 0.15) is 12.4 Å². The number of aromatic nitrogens is 2. The van der Waals surface area contributed by atoms with Crippen molar-refractivity contribution in [3.8, 4) is 0 Å². The molecule has 1 aromatic rings. The number of morpholine rings is 1. The third-order valence-corrected chi connectivity index (χ3v) is 2.86. The summed E-state index contributed by atoms with van der Waals surface area (Å²) in [5.41, 5.74) is 5.48. The second-order valence-corrected chi connectivity index (χ2v) is 3.81. The van der Waals surface area contributed by atoms with E-state index >= 15 is 0 Å². The minimum Gasteiger partial charge on any atom is -0.409 e. The summed E-state index contributed by atoms with van der Waals surface area (Å²) in [4.78, 5) is 6.10. The molecule has 2 rings (SSSR count). The van der Waals surface area contributed by atoms with Crippen LogP contribution in [0.25, 0.3) is 0 Å². The number of amidine groups is 1. The van der Waals surface area contributed by atoms with Crippen LogP contribution in [0.3, 0.4) is 0 Å². The lowest BCUT2D eigenvalue weighted by Crippen LogP contribution is -2.48. The van der Waals surface area contributed by atoms with Crippen LogP contribution in [0.15, 0.2) is 11.5 Å². The van der Waals surface area contributed by atoms with Gasteiger partial charge in [-0.2, -0.15) is 4.37 Å². The number of oxime groups is 1. The molecule has 7 nitrogen and oxygen atoms in total. The van der Waals surface area contributed by atoms with E-state index < -0.39 is 0 Å². The molecule has 1 aliphatic rings. The number of anilines is 1.